The molecule has 0 saturated heterocycles. The molecule has 0 rings (SSSR count). The van der Waals surface area contributed by atoms with Gasteiger partial charge in [0.25, 0.3) is 6.29 Å². The van der Waals surface area contributed by atoms with Crippen molar-refractivity contribution in [1.82, 2.24) is 0 Å². The molecule has 0 aromatic carbocycles. The van der Waals surface area contributed by atoms with Crippen LogP contribution in [-0.4, -0.2) is 87.4 Å². The Morgan fingerprint density at radius 2 is 1.10 bits per heavy atom. The van der Waals surface area contributed by atoms with Crippen LogP contribution >= 0.6 is 0 Å². The average molecular weight is 735 g/mol. The number of hydrogen-bond acceptors (Lipinski definition) is 7. The maximum Gasteiger partial charge on any atom is 0.361 e. The van der Waals surface area contributed by atoms with Crippen molar-refractivity contribution in [3.05, 3.63) is 48.6 Å². The number of carbonyl (C=O) groups is 3. The minimum Gasteiger partial charge on any atom is -0.477 e. The number of quaternary nitrogens is 1. The first-order chi connectivity index (χ1) is 25.1. The minimum atomic E-state index is -1.51. The Morgan fingerprint density at radius 1 is 0.596 bits per heavy atom. The monoisotopic (exact) mass is 735 g/mol. The van der Waals surface area contributed by atoms with Crippen molar-refractivity contribution < 1.29 is 42.9 Å². The Labute approximate surface area is 317 Å². The third kappa shape index (κ3) is 35.6. The summed E-state index contributed by atoms with van der Waals surface area (Å²) in [5, 5.41) is 9.57. The lowest BCUT2D eigenvalue weighted by Crippen LogP contribution is -2.40. The summed E-state index contributed by atoms with van der Waals surface area (Å²) < 4.78 is 22.5. The molecule has 0 aromatic heterocycles. The molecule has 0 fully saturated rings. The molecule has 2 atom stereocenters. The summed E-state index contributed by atoms with van der Waals surface area (Å²) >= 11 is 0. The van der Waals surface area contributed by atoms with E-state index in [0.717, 1.165) is 77.0 Å². The second kappa shape index (κ2) is 35.3. The van der Waals surface area contributed by atoms with Gasteiger partial charge in [0.1, 0.15) is 13.2 Å². The van der Waals surface area contributed by atoms with E-state index in [4.69, 9.17) is 18.9 Å². The molecule has 9 heteroatoms. The van der Waals surface area contributed by atoms with Crippen LogP contribution < -0.4 is 0 Å². The molecule has 0 aliphatic heterocycles. The molecule has 0 amide bonds. The van der Waals surface area contributed by atoms with E-state index >= 15 is 0 Å². The van der Waals surface area contributed by atoms with Crippen LogP contribution in [0.1, 0.15) is 149 Å². The van der Waals surface area contributed by atoms with Crippen molar-refractivity contribution in [3.63, 3.8) is 0 Å². The van der Waals surface area contributed by atoms with Gasteiger partial charge in [-0.05, 0) is 51.4 Å². The van der Waals surface area contributed by atoms with Crippen LogP contribution in [-0.2, 0) is 33.3 Å². The molecule has 0 aromatic rings. The zero-order valence-electron chi connectivity index (χ0n) is 33.7. The summed E-state index contributed by atoms with van der Waals surface area (Å²) in [7, 11) is 5.93. The summed E-state index contributed by atoms with van der Waals surface area (Å²) in [5.74, 6) is -2.04. The summed E-state index contributed by atoms with van der Waals surface area (Å²) in [4.78, 5) is 36.7. The largest absolute Gasteiger partial charge is 0.477 e. The lowest BCUT2D eigenvalue weighted by molar-refractivity contribution is -0.870. The van der Waals surface area contributed by atoms with E-state index in [9.17, 15) is 19.5 Å². The molecule has 0 spiro atoms. The SMILES string of the molecule is CC/C=C\C/C=C\C/C=C\C/C=C\CCCCCCCCCCC(=O)OC(COC(=O)CCCCCCCC)COC(OCC[N+](C)(C)C)C(=O)O. The van der Waals surface area contributed by atoms with E-state index < -0.39 is 24.3 Å². The van der Waals surface area contributed by atoms with Crippen molar-refractivity contribution in [3.8, 4) is 0 Å². The molecule has 2 unspecified atom stereocenters. The number of rotatable bonds is 36. The van der Waals surface area contributed by atoms with Crippen LogP contribution in [0.5, 0.6) is 0 Å². The maximum absolute atomic E-state index is 12.7. The Bertz CT molecular complexity index is 998. The molecule has 52 heavy (non-hydrogen) atoms. The van der Waals surface area contributed by atoms with Gasteiger partial charge in [0, 0.05) is 12.8 Å². The third-order valence-electron chi connectivity index (χ3n) is 8.35. The molecule has 0 radical (unpaired) electrons. The topological polar surface area (TPSA) is 108 Å². The van der Waals surface area contributed by atoms with Crippen molar-refractivity contribution in [2.75, 3.05) is 47.5 Å². The Hall–Kier alpha value is -2.75. The first-order valence-corrected chi connectivity index (χ1v) is 20.3. The first-order valence-electron chi connectivity index (χ1n) is 20.3. The van der Waals surface area contributed by atoms with Crippen LogP contribution in [0, 0.1) is 0 Å². The molecule has 0 heterocycles. The van der Waals surface area contributed by atoms with Gasteiger partial charge in [-0.1, -0.05) is 133 Å². The fourth-order valence-electron chi connectivity index (χ4n) is 5.18. The highest BCUT2D eigenvalue weighted by Gasteiger charge is 2.25. The fourth-order valence-corrected chi connectivity index (χ4v) is 5.18. The van der Waals surface area contributed by atoms with Crippen LogP contribution in [0.25, 0.3) is 0 Å². The van der Waals surface area contributed by atoms with Gasteiger partial charge in [-0.15, -0.1) is 0 Å². The van der Waals surface area contributed by atoms with Crippen molar-refractivity contribution in [2.24, 2.45) is 0 Å². The average Bonchev–Trinajstić information content (AvgIpc) is 3.10. The van der Waals surface area contributed by atoms with Gasteiger partial charge >= 0.3 is 17.9 Å². The minimum absolute atomic E-state index is 0.185. The Balaban J connectivity index is 4.34. The number of carboxylic acid groups (broad SMARTS) is 1. The van der Waals surface area contributed by atoms with E-state index in [1.54, 1.807) is 0 Å². The van der Waals surface area contributed by atoms with Crippen molar-refractivity contribution in [2.45, 2.75) is 161 Å². The quantitative estimate of drug-likeness (QED) is 0.0223. The van der Waals surface area contributed by atoms with Gasteiger partial charge in [0.05, 0.1) is 34.4 Å². The van der Waals surface area contributed by atoms with Gasteiger partial charge in [-0.25, -0.2) is 4.79 Å². The molecule has 0 bridgehead atoms. The fraction of sp³-hybridized carbons (Fsp3) is 0.744. The number of allylic oxidation sites excluding steroid dienone is 8. The number of carboxylic acids is 1. The van der Waals surface area contributed by atoms with Crippen LogP contribution in [0.4, 0.5) is 0 Å². The molecule has 0 aliphatic rings. The van der Waals surface area contributed by atoms with Crippen molar-refractivity contribution in [1.29, 1.82) is 0 Å². The van der Waals surface area contributed by atoms with Gasteiger partial charge in [-0.3, -0.25) is 9.59 Å². The molecule has 1 N–H and O–H groups in total. The number of carbonyl (C=O) groups excluding carboxylic acids is 2. The number of nitrogens with zero attached hydrogens (tertiary/aromatic N) is 1. The van der Waals surface area contributed by atoms with Crippen LogP contribution in [0.2, 0.25) is 0 Å². The number of unbranched alkanes of at least 4 members (excludes halogenated alkanes) is 13. The van der Waals surface area contributed by atoms with Crippen molar-refractivity contribution >= 4 is 17.9 Å². The normalized spacial score (nSPS) is 13.5. The molecule has 0 saturated carbocycles. The second-order valence-corrected chi connectivity index (χ2v) is 14.6. The summed E-state index contributed by atoms with van der Waals surface area (Å²) in [6.45, 7) is 4.66. The van der Waals surface area contributed by atoms with Gasteiger partial charge < -0.3 is 28.5 Å². The van der Waals surface area contributed by atoms with Gasteiger partial charge in [-0.2, -0.15) is 0 Å². The predicted octanol–water partition coefficient (Wildman–Crippen LogP) is 10.0. The highest BCUT2D eigenvalue weighted by molar-refractivity contribution is 5.71. The lowest BCUT2D eigenvalue weighted by Gasteiger charge is -2.25. The number of aliphatic carboxylic acids is 1. The predicted molar refractivity (Wildman–Crippen MR) is 212 cm³/mol. The summed E-state index contributed by atoms with van der Waals surface area (Å²) in [6, 6.07) is 0. The zero-order valence-corrected chi connectivity index (χ0v) is 33.7. The Kier molecular flexibility index (Phi) is 33.4. The molecular weight excluding hydrogens is 658 g/mol. The highest BCUT2D eigenvalue weighted by atomic mass is 16.7. The van der Waals surface area contributed by atoms with E-state index in [1.807, 2.05) is 21.1 Å². The number of likely N-dealkylation sites (N-methyl/N-ethyl adjacent to an activating group) is 1. The van der Waals surface area contributed by atoms with E-state index in [2.05, 4.69) is 62.5 Å². The summed E-state index contributed by atoms with van der Waals surface area (Å²) in [6.07, 6.45) is 36.3. The van der Waals surface area contributed by atoms with E-state index in [1.165, 1.54) is 38.5 Å². The highest BCUT2D eigenvalue weighted by Crippen LogP contribution is 2.13. The molecule has 0 aliphatic carbocycles. The van der Waals surface area contributed by atoms with Crippen LogP contribution in [0.15, 0.2) is 48.6 Å². The summed E-state index contributed by atoms with van der Waals surface area (Å²) in [5.41, 5.74) is 0. The molecule has 300 valence electrons. The smallest absolute Gasteiger partial charge is 0.361 e. The van der Waals surface area contributed by atoms with Gasteiger partial charge in [0.2, 0.25) is 0 Å². The van der Waals surface area contributed by atoms with Crippen LogP contribution in [0.3, 0.4) is 0 Å². The van der Waals surface area contributed by atoms with E-state index in [0.29, 0.717) is 23.9 Å². The third-order valence-corrected chi connectivity index (χ3v) is 8.35. The van der Waals surface area contributed by atoms with Gasteiger partial charge in [0.15, 0.2) is 6.10 Å². The first kappa shape index (κ1) is 49.2. The molecule has 9 nitrogen and oxygen atoms in total. The number of ether oxygens (including phenoxy) is 4. The Morgan fingerprint density at radius 3 is 1.63 bits per heavy atom. The molecular formula is C43H76NO8+. The second-order valence-electron chi connectivity index (χ2n) is 14.6. The number of esters is 2. The zero-order chi connectivity index (χ0) is 38.5. The number of hydrogen-bond donors (Lipinski definition) is 1. The lowest BCUT2D eigenvalue weighted by atomic mass is 10.1. The van der Waals surface area contributed by atoms with E-state index in [-0.39, 0.29) is 32.2 Å². The standard InChI is InChI=1S/C43H75NO8/c1-6-8-10-12-14-15-16-17-18-19-20-21-22-23-24-25-26-27-28-30-32-34-41(46)52-39(37-50-40(45)33-31-29-13-11-9-7-2)38-51-43(42(47)48)49-36-35-44(3,4)5/h8,10,14-15,17-18,20-21,39,43H,6-7,9,11-13,16,19,22-38H2,1-5H3/p+1/b10-8-,15-14-,18-17-,21-20-. The maximum atomic E-state index is 12.7.